The van der Waals surface area contributed by atoms with Crippen molar-refractivity contribution in [3.05, 3.63) is 59.2 Å². The molecule has 142 valence electrons. The Morgan fingerprint density at radius 1 is 1.07 bits per heavy atom. The number of benzene rings is 2. The first kappa shape index (κ1) is 17.9. The van der Waals surface area contributed by atoms with Crippen molar-refractivity contribution >= 4 is 21.6 Å². The molecule has 2 aromatic rings. The number of sulfonamides is 1. The first-order valence-corrected chi connectivity index (χ1v) is 10.2. The van der Waals surface area contributed by atoms with Crippen molar-refractivity contribution < 1.29 is 22.0 Å². The molecule has 4 rings (SSSR count). The molecule has 2 aliphatic rings. The molecule has 0 atom stereocenters. The zero-order chi connectivity index (χ0) is 19.2. The molecule has 1 saturated carbocycles. The van der Waals surface area contributed by atoms with Crippen LogP contribution in [0, 0.1) is 17.6 Å². The van der Waals surface area contributed by atoms with E-state index in [1.54, 1.807) is 23.1 Å². The van der Waals surface area contributed by atoms with E-state index in [2.05, 4.69) is 4.72 Å². The van der Waals surface area contributed by atoms with Crippen LogP contribution < -0.4 is 4.72 Å². The molecule has 1 fully saturated rings. The van der Waals surface area contributed by atoms with E-state index in [-0.39, 0.29) is 17.5 Å². The summed E-state index contributed by atoms with van der Waals surface area (Å²) in [7, 11) is -4.27. The maximum absolute atomic E-state index is 13.8. The standard InChI is InChI=1S/C19H18F2N2O3S/c20-15-4-6-17(21)18(10-15)27(25,26)22-16-5-3-12-7-8-23(11-14(12)9-16)19(24)13-1-2-13/h3-6,9-10,13,22H,1-2,7-8,11H2. The SMILES string of the molecule is O=C(C1CC1)N1CCc2ccc(NS(=O)(=O)c3cc(F)ccc3F)cc2C1. The van der Waals surface area contributed by atoms with E-state index in [4.69, 9.17) is 0 Å². The van der Waals surface area contributed by atoms with Crippen molar-refractivity contribution in [1.82, 2.24) is 4.90 Å². The van der Waals surface area contributed by atoms with Gasteiger partial charge < -0.3 is 4.90 Å². The van der Waals surface area contributed by atoms with Gasteiger partial charge in [0.15, 0.2) is 0 Å². The first-order chi connectivity index (χ1) is 12.8. The topological polar surface area (TPSA) is 66.5 Å². The maximum atomic E-state index is 13.8. The third kappa shape index (κ3) is 3.66. The Bertz CT molecular complexity index is 1020. The lowest BCUT2D eigenvalue weighted by Gasteiger charge is -2.29. The Morgan fingerprint density at radius 3 is 2.59 bits per heavy atom. The van der Waals surface area contributed by atoms with Crippen LogP contribution in [0.1, 0.15) is 24.0 Å². The van der Waals surface area contributed by atoms with Crippen LogP contribution in [0.4, 0.5) is 14.5 Å². The van der Waals surface area contributed by atoms with Crippen LogP contribution in [-0.2, 0) is 27.8 Å². The van der Waals surface area contributed by atoms with Crippen molar-refractivity contribution in [2.45, 2.75) is 30.7 Å². The molecule has 2 aromatic carbocycles. The van der Waals surface area contributed by atoms with Crippen molar-refractivity contribution in [2.75, 3.05) is 11.3 Å². The minimum atomic E-state index is -4.27. The number of carbonyl (C=O) groups excluding carboxylic acids is 1. The van der Waals surface area contributed by atoms with Gasteiger partial charge in [0.25, 0.3) is 10.0 Å². The fourth-order valence-electron chi connectivity index (χ4n) is 3.29. The Hall–Kier alpha value is -2.48. The summed E-state index contributed by atoms with van der Waals surface area (Å²) in [4.78, 5) is 13.3. The van der Waals surface area contributed by atoms with Crippen LogP contribution in [0.2, 0.25) is 0 Å². The van der Waals surface area contributed by atoms with E-state index >= 15 is 0 Å². The number of fused-ring (bicyclic) bond motifs is 1. The molecule has 1 aliphatic heterocycles. The highest BCUT2D eigenvalue weighted by molar-refractivity contribution is 7.92. The predicted molar refractivity (Wildman–Crippen MR) is 95.5 cm³/mol. The largest absolute Gasteiger partial charge is 0.338 e. The Morgan fingerprint density at radius 2 is 1.85 bits per heavy atom. The number of anilines is 1. The van der Waals surface area contributed by atoms with E-state index in [9.17, 15) is 22.0 Å². The molecule has 27 heavy (non-hydrogen) atoms. The van der Waals surface area contributed by atoms with E-state index in [1.165, 1.54) is 0 Å². The molecule has 0 aromatic heterocycles. The van der Waals surface area contributed by atoms with Gasteiger partial charge in [0.1, 0.15) is 16.5 Å². The van der Waals surface area contributed by atoms with E-state index in [0.717, 1.165) is 36.1 Å². The summed E-state index contributed by atoms with van der Waals surface area (Å²) in [6, 6.07) is 7.32. The second-order valence-electron chi connectivity index (χ2n) is 6.95. The van der Waals surface area contributed by atoms with E-state index < -0.39 is 26.6 Å². The van der Waals surface area contributed by atoms with E-state index in [1.807, 2.05) is 0 Å². The van der Waals surface area contributed by atoms with Crippen LogP contribution in [-0.4, -0.2) is 25.8 Å². The van der Waals surface area contributed by atoms with Crippen molar-refractivity contribution in [3.63, 3.8) is 0 Å². The molecule has 1 amide bonds. The smallest absolute Gasteiger partial charge is 0.264 e. The van der Waals surface area contributed by atoms with Crippen molar-refractivity contribution in [2.24, 2.45) is 5.92 Å². The number of rotatable bonds is 4. The highest BCUT2D eigenvalue weighted by atomic mass is 32.2. The predicted octanol–water partition coefficient (Wildman–Crippen LogP) is 3.06. The van der Waals surface area contributed by atoms with Crippen LogP contribution in [0.3, 0.4) is 0 Å². The molecule has 0 radical (unpaired) electrons. The third-order valence-corrected chi connectivity index (χ3v) is 6.29. The molecule has 1 heterocycles. The second kappa shape index (κ2) is 6.60. The number of amides is 1. The van der Waals surface area contributed by atoms with Crippen LogP contribution in [0.25, 0.3) is 0 Å². The van der Waals surface area contributed by atoms with Crippen LogP contribution in [0.15, 0.2) is 41.3 Å². The number of hydrogen-bond donors (Lipinski definition) is 1. The number of carbonyl (C=O) groups is 1. The summed E-state index contributed by atoms with van der Waals surface area (Å²) in [6.45, 7) is 1.08. The zero-order valence-electron chi connectivity index (χ0n) is 14.4. The molecule has 8 heteroatoms. The molecule has 5 nitrogen and oxygen atoms in total. The van der Waals surface area contributed by atoms with Crippen LogP contribution in [0.5, 0.6) is 0 Å². The third-order valence-electron chi connectivity index (χ3n) is 4.89. The minimum absolute atomic E-state index is 0.129. The number of nitrogens with zero attached hydrogens (tertiary/aromatic N) is 1. The summed E-state index contributed by atoms with van der Waals surface area (Å²) in [6.07, 6.45) is 2.57. The van der Waals surface area contributed by atoms with Gasteiger partial charge in [0.2, 0.25) is 5.91 Å². The van der Waals surface area contributed by atoms with Crippen molar-refractivity contribution in [1.29, 1.82) is 0 Å². The second-order valence-corrected chi connectivity index (χ2v) is 8.60. The maximum Gasteiger partial charge on any atom is 0.264 e. The lowest BCUT2D eigenvalue weighted by molar-refractivity contribution is -0.133. The summed E-state index contributed by atoms with van der Waals surface area (Å²) in [5.41, 5.74) is 2.16. The first-order valence-electron chi connectivity index (χ1n) is 8.72. The van der Waals surface area contributed by atoms with Gasteiger partial charge in [-0.1, -0.05) is 6.07 Å². The number of nitrogens with one attached hydrogen (secondary N) is 1. The van der Waals surface area contributed by atoms with Crippen LogP contribution >= 0.6 is 0 Å². The summed E-state index contributed by atoms with van der Waals surface area (Å²) in [5.74, 6) is -1.59. The molecular weight excluding hydrogens is 374 g/mol. The fourth-order valence-corrected chi connectivity index (χ4v) is 4.43. The Labute approximate surface area is 156 Å². The number of halogens is 2. The molecule has 0 unspecified atom stereocenters. The van der Waals surface area contributed by atoms with Gasteiger partial charge in [-0.15, -0.1) is 0 Å². The molecule has 0 bridgehead atoms. The highest BCUT2D eigenvalue weighted by Crippen LogP contribution is 2.33. The highest BCUT2D eigenvalue weighted by Gasteiger charge is 2.34. The summed E-state index contributed by atoms with van der Waals surface area (Å²) in [5, 5.41) is 0. The average molecular weight is 392 g/mol. The van der Waals surface area contributed by atoms with Crippen molar-refractivity contribution in [3.8, 4) is 0 Å². The summed E-state index contributed by atoms with van der Waals surface area (Å²) >= 11 is 0. The van der Waals surface area contributed by atoms with Gasteiger partial charge >= 0.3 is 0 Å². The molecule has 1 N–H and O–H groups in total. The Balaban J connectivity index is 1.58. The van der Waals surface area contributed by atoms with Gasteiger partial charge in [-0.05, 0) is 60.7 Å². The minimum Gasteiger partial charge on any atom is -0.338 e. The van der Waals surface area contributed by atoms with Gasteiger partial charge in [-0.25, -0.2) is 17.2 Å². The van der Waals surface area contributed by atoms with Gasteiger partial charge in [0.05, 0.1) is 0 Å². The van der Waals surface area contributed by atoms with Gasteiger partial charge in [-0.2, -0.15) is 0 Å². The van der Waals surface area contributed by atoms with E-state index in [0.29, 0.717) is 25.6 Å². The molecule has 0 saturated heterocycles. The Kier molecular flexibility index (Phi) is 4.38. The molecule has 1 aliphatic carbocycles. The lowest BCUT2D eigenvalue weighted by atomic mass is 9.99. The quantitative estimate of drug-likeness (QED) is 0.870. The lowest BCUT2D eigenvalue weighted by Crippen LogP contribution is -2.36. The summed E-state index contributed by atoms with van der Waals surface area (Å²) < 4.78 is 54.3. The fraction of sp³-hybridized carbons (Fsp3) is 0.316. The number of hydrogen-bond acceptors (Lipinski definition) is 3. The zero-order valence-corrected chi connectivity index (χ0v) is 15.2. The molecule has 0 spiro atoms. The average Bonchev–Trinajstić information content (AvgIpc) is 3.47. The van der Waals surface area contributed by atoms with Gasteiger partial charge in [-0.3, -0.25) is 9.52 Å². The van der Waals surface area contributed by atoms with Gasteiger partial charge in [0, 0.05) is 24.7 Å². The normalized spacial score (nSPS) is 16.7. The molecular formula is C19H18F2N2O3S. The monoisotopic (exact) mass is 392 g/mol.